The highest BCUT2D eigenvalue weighted by Crippen LogP contribution is 2.36. The van der Waals surface area contributed by atoms with E-state index in [0.29, 0.717) is 19.8 Å². The average molecular weight is 298 g/mol. The number of anilines is 1. The highest BCUT2D eigenvalue weighted by atomic mass is 19.1. The van der Waals surface area contributed by atoms with Crippen LogP contribution >= 0.6 is 0 Å². The van der Waals surface area contributed by atoms with Crippen molar-refractivity contribution in [2.24, 2.45) is 0 Å². The van der Waals surface area contributed by atoms with Crippen LogP contribution in [0.4, 0.5) is 15.8 Å². The van der Waals surface area contributed by atoms with Crippen LogP contribution in [-0.4, -0.2) is 41.3 Å². The fourth-order valence-electron chi connectivity index (χ4n) is 2.38. The van der Waals surface area contributed by atoms with E-state index in [9.17, 15) is 19.3 Å². The molecular weight excluding hydrogens is 283 g/mol. The number of nitro groups is 1. The van der Waals surface area contributed by atoms with Crippen LogP contribution < -0.4 is 4.90 Å². The monoisotopic (exact) mass is 298 g/mol. The van der Waals surface area contributed by atoms with Gasteiger partial charge in [-0.2, -0.15) is 0 Å². The lowest BCUT2D eigenvalue weighted by molar-refractivity contribution is -0.384. The number of rotatable bonds is 3. The van der Waals surface area contributed by atoms with E-state index in [4.69, 9.17) is 9.84 Å². The summed E-state index contributed by atoms with van der Waals surface area (Å²) in [6.45, 7) is 4.70. The normalized spacial score (nSPS) is 17.6. The van der Waals surface area contributed by atoms with Gasteiger partial charge in [-0.3, -0.25) is 10.1 Å². The highest BCUT2D eigenvalue weighted by molar-refractivity contribution is 5.90. The van der Waals surface area contributed by atoms with Gasteiger partial charge in [-0.15, -0.1) is 0 Å². The van der Waals surface area contributed by atoms with Gasteiger partial charge >= 0.3 is 5.97 Å². The second-order valence-corrected chi connectivity index (χ2v) is 5.40. The van der Waals surface area contributed by atoms with Crippen molar-refractivity contribution < 1.29 is 24.0 Å². The number of morpholine rings is 1. The van der Waals surface area contributed by atoms with Gasteiger partial charge in [-0.1, -0.05) is 0 Å². The second-order valence-electron chi connectivity index (χ2n) is 5.40. The van der Waals surface area contributed by atoms with Crippen LogP contribution in [0.5, 0.6) is 0 Å². The number of benzene rings is 1. The van der Waals surface area contributed by atoms with Crippen molar-refractivity contribution in [2.45, 2.75) is 19.4 Å². The van der Waals surface area contributed by atoms with Gasteiger partial charge in [0, 0.05) is 18.7 Å². The molecule has 1 saturated heterocycles. The predicted molar refractivity (Wildman–Crippen MR) is 72.3 cm³/mol. The topological polar surface area (TPSA) is 92.9 Å². The van der Waals surface area contributed by atoms with Crippen molar-refractivity contribution in [1.82, 2.24) is 0 Å². The van der Waals surface area contributed by atoms with Gasteiger partial charge in [0.1, 0.15) is 17.1 Å². The van der Waals surface area contributed by atoms with E-state index in [1.165, 1.54) is 0 Å². The summed E-state index contributed by atoms with van der Waals surface area (Å²) in [4.78, 5) is 23.1. The van der Waals surface area contributed by atoms with Crippen LogP contribution in [0.2, 0.25) is 0 Å². The summed E-state index contributed by atoms with van der Waals surface area (Å²) >= 11 is 0. The molecule has 1 fully saturated rings. The van der Waals surface area contributed by atoms with Crippen molar-refractivity contribution >= 4 is 17.3 Å². The van der Waals surface area contributed by atoms with E-state index in [-0.39, 0.29) is 5.69 Å². The number of hydrogen-bond acceptors (Lipinski definition) is 5. The van der Waals surface area contributed by atoms with Crippen LogP contribution in [0.1, 0.15) is 24.2 Å². The molecule has 1 heterocycles. The molecule has 1 aliphatic rings. The lowest BCUT2D eigenvalue weighted by Gasteiger charge is -2.43. The zero-order valence-electron chi connectivity index (χ0n) is 11.6. The third-order valence-electron chi connectivity index (χ3n) is 3.43. The number of ether oxygens (including phenoxy) is 1. The number of carboxylic acid groups (broad SMARTS) is 1. The fraction of sp³-hybridized carbons (Fsp3) is 0.462. The molecule has 0 spiro atoms. The summed E-state index contributed by atoms with van der Waals surface area (Å²) in [5.74, 6) is -2.53. The smallest absolute Gasteiger partial charge is 0.338 e. The van der Waals surface area contributed by atoms with Crippen molar-refractivity contribution in [3.8, 4) is 0 Å². The largest absolute Gasteiger partial charge is 0.478 e. The van der Waals surface area contributed by atoms with Gasteiger partial charge in [-0.05, 0) is 13.8 Å². The van der Waals surface area contributed by atoms with Gasteiger partial charge in [0.25, 0.3) is 5.69 Å². The second kappa shape index (κ2) is 5.28. The summed E-state index contributed by atoms with van der Waals surface area (Å²) in [5, 5.41) is 20.1. The van der Waals surface area contributed by atoms with Gasteiger partial charge < -0.3 is 14.7 Å². The molecule has 0 bridgehead atoms. The zero-order valence-corrected chi connectivity index (χ0v) is 11.6. The standard InChI is InChI=1S/C13H15FN2O5/c1-13(2)7-21-4-3-15(13)10-6-9(14)8(12(17)18)5-11(10)16(19)20/h5-6H,3-4,7H2,1-2H3,(H,17,18). The third kappa shape index (κ3) is 2.80. The summed E-state index contributed by atoms with van der Waals surface area (Å²) in [7, 11) is 0. The summed E-state index contributed by atoms with van der Waals surface area (Å²) in [6, 6.07) is 1.67. The van der Waals surface area contributed by atoms with Crippen LogP contribution in [0.25, 0.3) is 0 Å². The Kier molecular flexibility index (Phi) is 3.82. The number of hydrogen-bond donors (Lipinski definition) is 1. The molecule has 114 valence electrons. The predicted octanol–water partition coefficient (Wildman–Crippen LogP) is 2.05. The Bertz CT molecular complexity index is 602. The lowest BCUT2D eigenvalue weighted by atomic mass is 10.00. The van der Waals surface area contributed by atoms with Crippen LogP contribution in [0.15, 0.2) is 12.1 Å². The number of nitro benzene ring substituents is 1. The number of halogens is 1. The molecule has 1 aromatic rings. The van der Waals surface area contributed by atoms with Crippen molar-refractivity contribution in [3.63, 3.8) is 0 Å². The molecule has 1 aromatic carbocycles. The van der Waals surface area contributed by atoms with Gasteiger partial charge in [0.05, 0.1) is 23.7 Å². The molecule has 0 amide bonds. The van der Waals surface area contributed by atoms with E-state index < -0.39 is 33.5 Å². The minimum absolute atomic E-state index is 0.0656. The van der Waals surface area contributed by atoms with Crippen molar-refractivity contribution in [2.75, 3.05) is 24.7 Å². The molecule has 0 saturated carbocycles. The van der Waals surface area contributed by atoms with Gasteiger partial charge in [0.2, 0.25) is 0 Å². The molecule has 1 N–H and O–H groups in total. The summed E-state index contributed by atoms with van der Waals surface area (Å²) in [6.07, 6.45) is 0. The minimum atomic E-state index is -1.54. The Morgan fingerprint density at radius 2 is 2.19 bits per heavy atom. The van der Waals surface area contributed by atoms with E-state index in [2.05, 4.69) is 0 Å². The Morgan fingerprint density at radius 3 is 2.71 bits per heavy atom. The van der Waals surface area contributed by atoms with Crippen LogP contribution in [-0.2, 0) is 4.74 Å². The van der Waals surface area contributed by atoms with E-state index in [1.807, 2.05) is 13.8 Å². The Hall–Kier alpha value is -2.22. The summed E-state index contributed by atoms with van der Waals surface area (Å²) < 4.78 is 19.2. The average Bonchev–Trinajstić information content (AvgIpc) is 2.37. The van der Waals surface area contributed by atoms with Crippen LogP contribution in [0, 0.1) is 15.9 Å². The molecule has 0 atom stereocenters. The maximum atomic E-state index is 13.9. The number of carboxylic acids is 1. The molecule has 1 aliphatic heterocycles. The molecule has 8 heteroatoms. The van der Waals surface area contributed by atoms with E-state index in [0.717, 1.165) is 12.1 Å². The molecule has 0 aromatic heterocycles. The quantitative estimate of drug-likeness (QED) is 0.678. The third-order valence-corrected chi connectivity index (χ3v) is 3.43. The molecule has 7 nitrogen and oxygen atoms in total. The molecule has 0 aliphatic carbocycles. The fourth-order valence-corrected chi connectivity index (χ4v) is 2.38. The van der Waals surface area contributed by atoms with E-state index >= 15 is 0 Å². The molecular formula is C13H15FN2O5. The molecule has 0 unspecified atom stereocenters. The Labute approximate surface area is 120 Å². The van der Waals surface area contributed by atoms with Crippen molar-refractivity contribution in [3.05, 3.63) is 33.6 Å². The molecule has 2 rings (SSSR count). The lowest BCUT2D eigenvalue weighted by Crippen LogP contribution is -2.53. The van der Waals surface area contributed by atoms with Crippen LogP contribution in [0.3, 0.4) is 0 Å². The maximum Gasteiger partial charge on any atom is 0.338 e. The maximum absolute atomic E-state index is 13.9. The first kappa shape index (κ1) is 15.2. The number of nitrogens with zero attached hydrogens (tertiary/aromatic N) is 2. The van der Waals surface area contributed by atoms with E-state index in [1.54, 1.807) is 4.90 Å². The summed E-state index contributed by atoms with van der Waals surface area (Å²) in [5.41, 5.74) is -1.63. The highest BCUT2D eigenvalue weighted by Gasteiger charge is 2.35. The molecule has 21 heavy (non-hydrogen) atoms. The molecule has 0 radical (unpaired) electrons. The first-order valence-electron chi connectivity index (χ1n) is 6.30. The van der Waals surface area contributed by atoms with Gasteiger partial charge in [0.15, 0.2) is 0 Å². The first-order chi connectivity index (χ1) is 9.74. The Morgan fingerprint density at radius 1 is 1.52 bits per heavy atom. The minimum Gasteiger partial charge on any atom is -0.478 e. The van der Waals surface area contributed by atoms with Crippen molar-refractivity contribution in [1.29, 1.82) is 0 Å². The van der Waals surface area contributed by atoms with Gasteiger partial charge in [-0.25, -0.2) is 9.18 Å². The number of carbonyl (C=O) groups is 1. The number of aromatic carboxylic acids is 1. The Balaban J connectivity index is 2.59. The SMILES string of the molecule is CC1(C)COCCN1c1cc(F)c(C(=O)O)cc1[N+](=O)[O-]. The zero-order chi connectivity index (χ0) is 15.8. The first-order valence-corrected chi connectivity index (χ1v) is 6.30.